The second kappa shape index (κ2) is 10.5. The van der Waals surface area contributed by atoms with Gasteiger partial charge in [0.1, 0.15) is 18.5 Å². The number of halogens is 1. The summed E-state index contributed by atoms with van der Waals surface area (Å²) in [6.45, 7) is 3.14. The second-order valence-electron chi connectivity index (χ2n) is 6.11. The molecule has 138 valence electrons. The Morgan fingerprint density at radius 2 is 2.00 bits per heavy atom. The summed E-state index contributed by atoms with van der Waals surface area (Å²) in [5.74, 6) is 0.705. The van der Waals surface area contributed by atoms with Crippen molar-refractivity contribution in [2.75, 3.05) is 33.4 Å². The Kier molecular flexibility index (Phi) is 8.28. The molecule has 1 N–H and O–H groups in total. The van der Waals surface area contributed by atoms with Crippen molar-refractivity contribution in [2.24, 2.45) is 7.05 Å². The van der Waals surface area contributed by atoms with E-state index >= 15 is 0 Å². The fourth-order valence-corrected chi connectivity index (χ4v) is 2.76. The van der Waals surface area contributed by atoms with Crippen LogP contribution in [-0.2, 0) is 18.3 Å². The van der Waals surface area contributed by atoms with Crippen molar-refractivity contribution in [3.63, 3.8) is 0 Å². The molecule has 0 saturated carbocycles. The number of aliphatic hydroxyl groups excluding tert-OH is 1. The molecule has 1 aromatic heterocycles. The van der Waals surface area contributed by atoms with E-state index in [1.54, 1.807) is 31.4 Å². The highest BCUT2D eigenvalue weighted by molar-refractivity contribution is 6.30. The van der Waals surface area contributed by atoms with Gasteiger partial charge in [-0.1, -0.05) is 11.6 Å². The van der Waals surface area contributed by atoms with E-state index in [2.05, 4.69) is 15.5 Å². The predicted octanol–water partition coefficient (Wildman–Crippen LogP) is 2.96. The highest BCUT2D eigenvalue weighted by Crippen LogP contribution is 2.16. The number of aryl methyl sites for hydroxylation is 1. The largest absolute Gasteiger partial charge is 0.491 e. The Bertz CT molecular complexity index is 615. The van der Waals surface area contributed by atoms with Gasteiger partial charge in [0.15, 0.2) is 0 Å². The van der Waals surface area contributed by atoms with Gasteiger partial charge in [0.05, 0.1) is 0 Å². The van der Waals surface area contributed by atoms with Crippen molar-refractivity contribution in [3.05, 3.63) is 53.3 Å². The van der Waals surface area contributed by atoms with Crippen molar-refractivity contribution in [1.82, 2.24) is 9.47 Å². The first-order chi connectivity index (χ1) is 12.1. The zero-order valence-corrected chi connectivity index (χ0v) is 15.7. The number of ether oxygens (including phenoxy) is 2. The summed E-state index contributed by atoms with van der Waals surface area (Å²) in [5, 5.41) is 11.0. The van der Waals surface area contributed by atoms with Crippen LogP contribution in [0.4, 0.5) is 0 Å². The molecule has 0 spiro atoms. The quantitative estimate of drug-likeness (QED) is 0.621. The SMILES string of the molecule is COCCCN(Cc1cccn1C)C[C@@H](O)COc1ccc(Cl)cc1. The number of aliphatic hydroxyl groups is 1. The van der Waals surface area contributed by atoms with Crippen LogP contribution in [0, 0.1) is 0 Å². The van der Waals surface area contributed by atoms with E-state index < -0.39 is 6.10 Å². The Balaban J connectivity index is 1.85. The van der Waals surface area contributed by atoms with Crippen molar-refractivity contribution >= 4 is 11.6 Å². The molecule has 0 aliphatic rings. The number of hydrogen-bond acceptors (Lipinski definition) is 4. The average molecular weight is 367 g/mol. The molecule has 0 radical (unpaired) electrons. The minimum Gasteiger partial charge on any atom is -0.491 e. The molecule has 1 heterocycles. The molecule has 0 unspecified atom stereocenters. The number of aromatic nitrogens is 1. The Morgan fingerprint density at radius 3 is 2.64 bits per heavy atom. The monoisotopic (exact) mass is 366 g/mol. The van der Waals surface area contributed by atoms with Gasteiger partial charge in [-0.05, 0) is 42.8 Å². The van der Waals surface area contributed by atoms with E-state index in [0.717, 1.165) is 19.5 Å². The molecule has 0 amide bonds. The summed E-state index contributed by atoms with van der Waals surface area (Å²) in [5.41, 5.74) is 1.21. The molecule has 0 saturated heterocycles. The molecule has 5 nitrogen and oxygen atoms in total. The van der Waals surface area contributed by atoms with Crippen LogP contribution < -0.4 is 4.74 Å². The smallest absolute Gasteiger partial charge is 0.119 e. The van der Waals surface area contributed by atoms with Gasteiger partial charge < -0.3 is 19.1 Å². The molecule has 6 heteroatoms. The molecule has 2 rings (SSSR count). The number of rotatable bonds is 11. The van der Waals surface area contributed by atoms with E-state index in [4.69, 9.17) is 21.1 Å². The Morgan fingerprint density at radius 1 is 1.24 bits per heavy atom. The first kappa shape index (κ1) is 19.8. The molecule has 1 aromatic carbocycles. The number of nitrogens with zero attached hydrogens (tertiary/aromatic N) is 2. The topological polar surface area (TPSA) is 46.9 Å². The third-order valence-corrected chi connectivity index (χ3v) is 4.24. The number of methoxy groups -OCH3 is 1. The zero-order chi connectivity index (χ0) is 18.1. The zero-order valence-electron chi connectivity index (χ0n) is 14.9. The van der Waals surface area contributed by atoms with Crippen molar-refractivity contribution in [2.45, 2.75) is 19.1 Å². The Labute approximate surface area is 154 Å². The van der Waals surface area contributed by atoms with Crippen LogP contribution in [0.5, 0.6) is 5.75 Å². The Hall–Kier alpha value is -1.53. The highest BCUT2D eigenvalue weighted by Gasteiger charge is 2.14. The minimum atomic E-state index is -0.571. The molecule has 0 aliphatic carbocycles. The van der Waals surface area contributed by atoms with Crippen LogP contribution >= 0.6 is 11.6 Å². The molecule has 1 atom stereocenters. The summed E-state index contributed by atoms with van der Waals surface area (Å²) in [6.07, 6.45) is 2.38. The second-order valence-corrected chi connectivity index (χ2v) is 6.55. The summed E-state index contributed by atoms with van der Waals surface area (Å²) in [4.78, 5) is 2.23. The first-order valence-electron chi connectivity index (χ1n) is 8.46. The van der Waals surface area contributed by atoms with Crippen LogP contribution in [0.15, 0.2) is 42.6 Å². The summed E-state index contributed by atoms with van der Waals surface area (Å²) >= 11 is 5.86. The first-order valence-corrected chi connectivity index (χ1v) is 8.84. The summed E-state index contributed by atoms with van der Waals surface area (Å²) < 4.78 is 12.9. The van der Waals surface area contributed by atoms with Crippen molar-refractivity contribution < 1.29 is 14.6 Å². The minimum absolute atomic E-state index is 0.246. The van der Waals surface area contributed by atoms with Gasteiger partial charge in [-0.3, -0.25) is 4.90 Å². The average Bonchev–Trinajstić information content (AvgIpc) is 2.99. The van der Waals surface area contributed by atoms with Gasteiger partial charge in [-0.25, -0.2) is 0 Å². The van der Waals surface area contributed by atoms with Crippen molar-refractivity contribution in [1.29, 1.82) is 0 Å². The van der Waals surface area contributed by atoms with Gasteiger partial charge in [0, 0.05) is 57.3 Å². The lowest BCUT2D eigenvalue weighted by Gasteiger charge is -2.25. The third kappa shape index (κ3) is 7.08. The highest BCUT2D eigenvalue weighted by atomic mass is 35.5. The van der Waals surface area contributed by atoms with E-state index in [1.165, 1.54) is 5.69 Å². The van der Waals surface area contributed by atoms with Crippen molar-refractivity contribution in [3.8, 4) is 5.75 Å². The maximum atomic E-state index is 10.4. The lowest BCUT2D eigenvalue weighted by molar-refractivity contribution is 0.0610. The molecule has 2 aromatic rings. The molecule has 25 heavy (non-hydrogen) atoms. The molecule has 0 bridgehead atoms. The van der Waals surface area contributed by atoms with E-state index in [9.17, 15) is 5.11 Å². The lowest BCUT2D eigenvalue weighted by Crippen LogP contribution is -2.36. The van der Waals surface area contributed by atoms with E-state index in [0.29, 0.717) is 23.9 Å². The summed E-state index contributed by atoms with van der Waals surface area (Å²) in [6, 6.07) is 11.3. The number of benzene rings is 1. The fraction of sp³-hybridized carbons (Fsp3) is 0.474. The number of hydrogen-bond donors (Lipinski definition) is 1. The van der Waals surface area contributed by atoms with E-state index in [-0.39, 0.29) is 6.61 Å². The van der Waals surface area contributed by atoms with Gasteiger partial charge in [-0.15, -0.1) is 0 Å². The predicted molar refractivity (Wildman–Crippen MR) is 100 cm³/mol. The maximum absolute atomic E-state index is 10.4. The normalized spacial score (nSPS) is 12.5. The van der Waals surface area contributed by atoms with Gasteiger partial charge in [0.25, 0.3) is 0 Å². The fourth-order valence-electron chi connectivity index (χ4n) is 2.63. The molecule has 0 fully saturated rings. The molecular formula is C19H27ClN2O3. The molecule has 0 aliphatic heterocycles. The van der Waals surface area contributed by atoms with E-state index in [1.807, 2.05) is 19.3 Å². The van der Waals surface area contributed by atoms with Crippen LogP contribution in [0.25, 0.3) is 0 Å². The van der Waals surface area contributed by atoms with Gasteiger partial charge in [0.2, 0.25) is 0 Å². The molecular weight excluding hydrogens is 340 g/mol. The maximum Gasteiger partial charge on any atom is 0.119 e. The van der Waals surface area contributed by atoms with Gasteiger partial charge >= 0.3 is 0 Å². The summed E-state index contributed by atoms with van der Waals surface area (Å²) in [7, 11) is 3.74. The van der Waals surface area contributed by atoms with Crippen LogP contribution in [0.2, 0.25) is 5.02 Å². The van der Waals surface area contributed by atoms with Crippen LogP contribution in [-0.4, -0.2) is 54.1 Å². The standard InChI is InChI=1S/C19H27ClN2O3/c1-21-10-3-5-17(21)13-22(11-4-12-24-2)14-18(23)15-25-19-8-6-16(20)7-9-19/h3,5-10,18,23H,4,11-15H2,1-2H3/t18-/m1/s1. The van der Waals surface area contributed by atoms with Crippen LogP contribution in [0.1, 0.15) is 12.1 Å². The lowest BCUT2D eigenvalue weighted by atomic mass is 10.2. The third-order valence-electron chi connectivity index (χ3n) is 3.98. The van der Waals surface area contributed by atoms with Gasteiger partial charge in [-0.2, -0.15) is 0 Å². The van der Waals surface area contributed by atoms with Crippen LogP contribution in [0.3, 0.4) is 0 Å².